The molecule has 1 aliphatic heterocycles. The number of morpholine rings is 1. The Balaban J connectivity index is 0.000000279. The Morgan fingerprint density at radius 3 is 1.24 bits per heavy atom. The lowest BCUT2D eigenvalue weighted by Crippen LogP contribution is -2.35. The van der Waals surface area contributed by atoms with Gasteiger partial charge in [-0.15, -0.1) is 35.8 Å². The number of pyridine rings is 2. The standard InChI is InChI=1S/C17H19N3O2.C16H15N3O5.C16H18N2O.C15H15N3O2.C15H14N2O3.C13H12N4O3.3CO2/c21-17-7-6-16(19-18-15-4-2-1-3-5-15)12-14(17)13-20-8-10-22-11-9-20;1-9-5-12(16(23)24-2)17-14(6-9)19-18-11-3-4-13(20)10(7-11)8-15(21)22;1-10-12(3)16(19)13(4)11(2)15(10)18-17-14-8-6-5-7-9-14;1-10-5-14(9-16-8-10)18-17-13-4-3-11(2)12(6-13)7-15(19)20;1-2-20-15(19)13-10-12(8-9-14(13)18)17-16-11-6-4-3-5-7-11;1-8-4-12(16-14-7-8)17-15-10-2-3-11(18)9(5-10)6-13(19)20;3*2-1-3/h1-7,12,21H,8-11,13H2;3-7,20H,8H2,1-2H3,(H,21,22);5-9,19H,1-4H3;3-6,8-9H,7H2,1-2H3,(H,19,20);3-10,18H,2H2,1H3;2-5,7,18H,6H2,1H3,(H,19,20);;;. The minimum Gasteiger partial charge on any atom is -0.508 e. The molecule has 8 N–H and O–H groups in total. The zero-order valence-corrected chi connectivity index (χ0v) is 74.1. The topological polar surface area (TPSA) is 580 Å². The molecule has 1 fully saturated rings. The molecule has 0 atom stereocenters. The van der Waals surface area contributed by atoms with E-state index in [2.05, 4.69) is 91.2 Å². The number of hydrogen-bond donors (Lipinski definition) is 8. The number of aryl methyl sites for hydroxylation is 4. The van der Waals surface area contributed by atoms with Crippen molar-refractivity contribution in [2.75, 3.05) is 40.0 Å². The van der Waals surface area contributed by atoms with Crippen LogP contribution in [0.1, 0.15) is 94.5 Å². The molecule has 12 aromatic rings. The Morgan fingerprint density at radius 1 is 0.396 bits per heavy atom. The van der Waals surface area contributed by atoms with Gasteiger partial charge in [0.05, 0.1) is 110 Å². The first-order chi connectivity index (χ1) is 64.2. The summed E-state index contributed by atoms with van der Waals surface area (Å²) in [5.41, 5.74) is 16.1. The van der Waals surface area contributed by atoms with Crippen LogP contribution in [-0.4, -0.2) is 154 Å². The highest BCUT2D eigenvalue weighted by molar-refractivity contribution is 5.93. The highest BCUT2D eigenvalue weighted by Gasteiger charge is 2.18. The molecule has 9 aromatic carbocycles. The van der Waals surface area contributed by atoms with Crippen LogP contribution < -0.4 is 0 Å². The largest absolute Gasteiger partial charge is 0.508 e. The van der Waals surface area contributed by atoms with Gasteiger partial charge in [-0.05, 0) is 258 Å². The summed E-state index contributed by atoms with van der Waals surface area (Å²) in [5, 5.41) is 132. The van der Waals surface area contributed by atoms with E-state index in [1.54, 1.807) is 74.9 Å². The lowest BCUT2D eigenvalue weighted by molar-refractivity contribution is -0.193. The molecule has 0 saturated carbocycles. The van der Waals surface area contributed by atoms with Gasteiger partial charge in [0.1, 0.15) is 40.0 Å². The smallest absolute Gasteiger partial charge is 0.373 e. The zero-order valence-electron chi connectivity index (χ0n) is 74.1. The molecule has 0 unspecified atom stereocenters. The number of carboxylic acids is 3. The van der Waals surface area contributed by atoms with Crippen molar-refractivity contribution in [3.05, 3.63) is 303 Å². The lowest BCUT2D eigenvalue weighted by Gasteiger charge is -2.26. The van der Waals surface area contributed by atoms with Gasteiger partial charge in [-0.25, -0.2) is 14.6 Å². The van der Waals surface area contributed by atoms with E-state index in [9.17, 15) is 49.5 Å². The van der Waals surface area contributed by atoms with Crippen molar-refractivity contribution in [3.8, 4) is 28.7 Å². The molecule has 134 heavy (non-hydrogen) atoms. The third-order valence-corrected chi connectivity index (χ3v) is 18.0. The van der Waals surface area contributed by atoms with Crippen LogP contribution >= 0.6 is 0 Å². The van der Waals surface area contributed by atoms with Crippen LogP contribution in [0.25, 0.3) is 0 Å². The minimum atomic E-state index is -1.07. The molecule has 0 amide bonds. The molecule has 3 aromatic heterocycles. The van der Waals surface area contributed by atoms with Gasteiger partial charge in [-0.1, -0.05) is 60.7 Å². The summed E-state index contributed by atoms with van der Waals surface area (Å²) in [5.74, 6) is -3.24. The highest BCUT2D eigenvalue weighted by Crippen LogP contribution is 2.38. The van der Waals surface area contributed by atoms with Crippen LogP contribution in [0, 0.1) is 55.4 Å². The summed E-state index contributed by atoms with van der Waals surface area (Å²) in [6.07, 6.45) is 5.11. The number of rotatable bonds is 23. The number of nitrogens with zero attached hydrogens (tertiary/aromatic N) is 17. The fraction of sp³-hybridized carbons (Fsp3) is 0.200. The maximum Gasteiger partial charge on any atom is 0.373 e. The number of aromatic nitrogens is 4. The maximum absolute atomic E-state index is 11.6. The van der Waals surface area contributed by atoms with Crippen LogP contribution in [0.5, 0.6) is 28.7 Å². The fourth-order valence-corrected chi connectivity index (χ4v) is 11.2. The van der Waals surface area contributed by atoms with E-state index >= 15 is 0 Å². The number of phenolic OH excluding ortho intramolecular Hbond substituents is 5. The SMILES string of the molecule is CCOC(=O)c1cc(N=Nc2ccccc2)ccc1O.COC(=O)c1cc(C)cc(N=Nc2ccc(O)c(CC(=O)O)c2)n1.Cc1c(C)c(N=Nc2ccccc2)c(C)c(C)c1O.Cc1cncc(N=Nc2ccc(C)c(CC(=O)O)c2)c1.Cc1cnnc(N=Nc2ccc(O)c(CC(=O)O)c2)c1.O=C=O.O=C=O.O=C=O.Oc1ccc(N=Nc2ccccc2)cc1CN1CCOCC1. The van der Waals surface area contributed by atoms with Crippen LogP contribution in [0.2, 0.25) is 0 Å². The molecular weight excluding hydrogens is 1730 g/mol. The highest BCUT2D eigenvalue weighted by atomic mass is 16.5. The molecule has 13 rings (SSSR count). The number of ether oxygens (including phenoxy) is 3. The first-order valence-corrected chi connectivity index (χ1v) is 40.0. The quantitative estimate of drug-likeness (QED) is 0.0218. The van der Waals surface area contributed by atoms with Gasteiger partial charge in [0.25, 0.3) is 0 Å². The molecule has 0 aliphatic carbocycles. The van der Waals surface area contributed by atoms with Gasteiger partial charge in [-0.3, -0.25) is 24.3 Å². The zero-order chi connectivity index (χ0) is 98.4. The van der Waals surface area contributed by atoms with Crippen molar-refractivity contribution in [1.29, 1.82) is 0 Å². The van der Waals surface area contributed by atoms with Crippen LogP contribution in [-0.2, 0) is 83.2 Å². The van der Waals surface area contributed by atoms with Crippen LogP contribution in [0.4, 0.5) is 68.5 Å². The van der Waals surface area contributed by atoms with Crippen molar-refractivity contribution in [3.63, 3.8) is 0 Å². The number of phenols is 5. The number of esters is 2. The number of carbonyl (C=O) groups excluding carboxylic acids is 8. The van der Waals surface area contributed by atoms with E-state index in [-0.39, 0.29) is 89.8 Å². The van der Waals surface area contributed by atoms with Crippen LogP contribution in [0.3, 0.4) is 0 Å². The molecule has 1 aliphatic rings. The Labute approximate surface area is 767 Å². The molecule has 0 bridgehead atoms. The van der Waals surface area contributed by atoms with Gasteiger partial charge in [0, 0.05) is 42.5 Å². The monoisotopic (exact) mass is 1820 g/mol. The van der Waals surface area contributed by atoms with E-state index in [1.165, 1.54) is 55.6 Å². The summed E-state index contributed by atoms with van der Waals surface area (Å²) in [7, 11) is 1.26. The molecule has 39 nitrogen and oxygen atoms in total. The van der Waals surface area contributed by atoms with Crippen molar-refractivity contribution >= 4 is 117 Å². The predicted octanol–water partition coefficient (Wildman–Crippen LogP) is 20.1. The fourth-order valence-electron chi connectivity index (χ4n) is 11.2. The van der Waals surface area contributed by atoms with E-state index in [4.69, 9.17) is 53.6 Å². The average molecular weight is 1820 g/mol. The van der Waals surface area contributed by atoms with Crippen molar-refractivity contribution in [1.82, 2.24) is 25.1 Å². The Morgan fingerprint density at radius 2 is 0.784 bits per heavy atom. The first-order valence-electron chi connectivity index (χ1n) is 40.0. The van der Waals surface area contributed by atoms with E-state index in [0.29, 0.717) is 58.0 Å². The second-order valence-corrected chi connectivity index (χ2v) is 27.9. The summed E-state index contributed by atoms with van der Waals surface area (Å²) in [6, 6.07) is 59.0. The number of azo groups is 6. The van der Waals surface area contributed by atoms with Gasteiger partial charge in [-0.2, -0.15) is 64.6 Å². The molecule has 0 spiro atoms. The summed E-state index contributed by atoms with van der Waals surface area (Å²) in [6.45, 7) is 21.1. The average Bonchev–Trinajstić information content (AvgIpc) is 0.795. The molecule has 4 heterocycles. The number of carboxylic acid groups (broad SMARTS) is 3. The first kappa shape index (κ1) is 107. The number of aliphatic carboxylic acids is 3. The third-order valence-electron chi connectivity index (χ3n) is 18.0. The van der Waals surface area contributed by atoms with Crippen molar-refractivity contribution in [2.45, 2.75) is 88.1 Å². The normalized spacial score (nSPS) is 11.2. The maximum atomic E-state index is 11.6. The molecule has 39 heteroatoms. The summed E-state index contributed by atoms with van der Waals surface area (Å²) >= 11 is 0. The number of aromatic hydroxyl groups is 5. The minimum absolute atomic E-state index is 0.0127. The Hall–Kier alpha value is -17.6. The Kier molecular flexibility index (Phi) is 46.2. The predicted molar refractivity (Wildman–Crippen MR) is 482 cm³/mol. The Bertz CT molecular complexity index is 6060. The molecule has 0 radical (unpaired) electrons. The summed E-state index contributed by atoms with van der Waals surface area (Å²) in [4.78, 5) is 114. The third kappa shape index (κ3) is 38.9. The molecule has 1 saturated heterocycles. The van der Waals surface area contributed by atoms with Gasteiger partial charge < -0.3 is 55.1 Å². The van der Waals surface area contributed by atoms with E-state index < -0.39 is 29.8 Å². The van der Waals surface area contributed by atoms with Gasteiger partial charge in [0.15, 0.2) is 17.3 Å². The molecule has 690 valence electrons. The van der Waals surface area contributed by atoms with Gasteiger partial charge >= 0.3 is 48.3 Å². The number of hydrogen-bond acceptors (Lipinski definition) is 36. The van der Waals surface area contributed by atoms with Crippen LogP contribution in [0.15, 0.2) is 286 Å². The number of carbonyl (C=O) groups is 5. The second-order valence-electron chi connectivity index (χ2n) is 27.9. The lowest BCUT2D eigenvalue weighted by atomic mass is 9.97. The number of methoxy groups -OCH3 is 1. The van der Waals surface area contributed by atoms with E-state index in [1.807, 2.05) is 164 Å². The number of benzene rings is 9. The summed E-state index contributed by atoms with van der Waals surface area (Å²) < 4.78 is 14.8. The second kappa shape index (κ2) is 58.0. The van der Waals surface area contributed by atoms with E-state index in [0.717, 1.165) is 105 Å². The van der Waals surface area contributed by atoms with Crippen molar-refractivity contribution < 1.29 is 108 Å². The van der Waals surface area contributed by atoms with Gasteiger partial charge in [0.2, 0.25) is 0 Å². The molecular formula is C95H93N17O22. The van der Waals surface area contributed by atoms with Crippen molar-refractivity contribution in [2.24, 2.45) is 61.4 Å².